The molecule has 24 heavy (non-hydrogen) atoms. The van der Waals surface area contributed by atoms with Crippen molar-refractivity contribution < 1.29 is 19.7 Å². The minimum atomic E-state index is -0.426. The van der Waals surface area contributed by atoms with E-state index in [0.29, 0.717) is 36.4 Å². The summed E-state index contributed by atoms with van der Waals surface area (Å²) >= 11 is 0. The Balaban J connectivity index is 1.69. The highest BCUT2D eigenvalue weighted by atomic mass is 16.5. The molecule has 0 aromatic heterocycles. The molecule has 4 aliphatic rings. The second-order valence-corrected chi connectivity index (χ2v) is 9.42. The van der Waals surface area contributed by atoms with Crippen LogP contribution in [0.4, 0.5) is 0 Å². The highest BCUT2D eigenvalue weighted by Gasteiger charge is 2.64. The van der Waals surface area contributed by atoms with Gasteiger partial charge in [-0.3, -0.25) is 4.79 Å². The molecule has 4 fully saturated rings. The number of rotatable bonds is 1. The molecule has 0 unspecified atom stereocenters. The quantitative estimate of drug-likeness (QED) is 0.772. The van der Waals surface area contributed by atoms with E-state index < -0.39 is 6.10 Å². The van der Waals surface area contributed by atoms with E-state index in [4.69, 9.17) is 4.74 Å². The molecule has 4 saturated carbocycles. The van der Waals surface area contributed by atoms with Gasteiger partial charge < -0.3 is 14.9 Å². The van der Waals surface area contributed by atoms with E-state index in [2.05, 4.69) is 13.8 Å². The monoisotopic (exact) mass is 336 g/mol. The minimum Gasteiger partial charge on any atom is -0.393 e. The molecule has 0 saturated heterocycles. The molecule has 4 heteroatoms. The average Bonchev–Trinajstić information content (AvgIpc) is 2.85. The molecular weight excluding hydrogens is 304 g/mol. The summed E-state index contributed by atoms with van der Waals surface area (Å²) in [6.07, 6.45) is 5.18. The van der Waals surface area contributed by atoms with Gasteiger partial charge in [0.1, 0.15) is 5.78 Å². The first kappa shape index (κ1) is 17.0. The predicted octanol–water partition coefficient (Wildman–Crippen LogP) is 2.55. The predicted molar refractivity (Wildman–Crippen MR) is 90.3 cm³/mol. The van der Waals surface area contributed by atoms with Crippen LogP contribution in [0.15, 0.2) is 0 Å². The lowest BCUT2D eigenvalue weighted by molar-refractivity contribution is -0.213. The fraction of sp³-hybridized carbons (Fsp3) is 0.950. The summed E-state index contributed by atoms with van der Waals surface area (Å²) in [6, 6.07) is 0. The van der Waals surface area contributed by atoms with Crippen LogP contribution in [-0.4, -0.2) is 41.4 Å². The summed E-state index contributed by atoms with van der Waals surface area (Å²) in [4.78, 5) is 12.5. The summed E-state index contributed by atoms with van der Waals surface area (Å²) in [6.45, 7) is 4.36. The molecule has 0 spiro atoms. The maximum Gasteiger partial charge on any atom is 0.139 e. The van der Waals surface area contributed by atoms with Crippen molar-refractivity contribution in [3.05, 3.63) is 0 Å². The molecule has 0 amide bonds. The Bertz CT molecular complexity index is 534. The Kier molecular flexibility index (Phi) is 3.91. The summed E-state index contributed by atoms with van der Waals surface area (Å²) in [5.74, 6) is 1.72. The molecule has 9 atom stereocenters. The van der Waals surface area contributed by atoms with Crippen LogP contribution in [0.2, 0.25) is 0 Å². The molecule has 0 aromatic rings. The summed E-state index contributed by atoms with van der Waals surface area (Å²) in [5.41, 5.74) is -0.427. The van der Waals surface area contributed by atoms with E-state index in [1.807, 2.05) is 0 Å². The molecular formula is C20H32O4. The van der Waals surface area contributed by atoms with Crippen molar-refractivity contribution in [2.45, 2.75) is 77.1 Å². The van der Waals surface area contributed by atoms with Crippen molar-refractivity contribution in [2.75, 3.05) is 7.11 Å². The van der Waals surface area contributed by atoms with Gasteiger partial charge in [0.05, 0.1) is 18.3 Å². The second kappa shape index (κ2) is 5.52. The average molecular weight is 336 g/mol. The first-order valence-corrected chi connectivity index (χ1v) is 9.74. The van der Waals surface area contributed by atoms with Gasteiger partial charge in [0.2, 0.25) is 0 Å². The van der Waals surface area contributed by atoms with Gasteiger partial charge in [-0.15, -0.1) is 0 Å². The Morgan fingerprint density at radius 1 is 1.04 bits per heavy atom. The van der Waals surface area contributed by atoms with Crippen LogP contribution in [0, 0.1) is 34.5 Å². The van der Waals surface area contributed by atoms with Crippen LogP contribution in [0.5, 0.6) is 0 Å². The van der Waals surface area contributed by atoms with E-state index in [1.165, 1.54) is 0 Å². The molecule has 0 heterocycles. The standard InChI is InChI=1S/C20H32O4/c1-19-7-6-14-12(13(19)4-5-17(19)22)10-16(21)15-8-11(24-3)9-18(23)20(14,15)2/h11-16,18,21,23H,4-10H2,1-3H3/t11-,12-,13-,14-,15+,16-,18+,19-,20+/m0/s1. The number of ether oxygens (including phenoxy) is 1. The molecule has 4 nitrogen and oxygen atoms in total. The SMILES string of the molecule is CO[C@@H]1C[C@@H](O)[C@@]2(C)[C@H](C1)[C@@H](O)C[C@@H]1[C@@H]2CC[C@]2(C)C(=O)CC[C@@H]12. The van der Waals surface area contributed by atoms with Crippen molar-refractivity contribution in [1.29, 1.82) is 0 Å². The molecule has 0 aromatic carbocycles. The van der Waals surface area contributed by atoms with E-state index in [1.54, 1.807) is 7.11 Å². The minimum absolute atomic E-state index is 0.0474. The van der Waals surface area contributed by atoms with Crippen molar-refractivity contribution >= 4 is 5.78 Å². The van der Waals surface area contributed by atoms with E-state index >= 15 is 0 Å². The van der Waals surface area contributed by atoms with E-state index in [9.17, 15) is 15.0 Å². The zero-order chi connectivity index (χ0) is 17.3. The smallest absolute Gasteiger partial charge is 0.139 e. The zero-order valence-electron chi connectivity index (χ0n) is 15.2. The normalized spacial score (nSPS) is 57.2. The number of ketones is 1. The molecule has 4 rings (SSSR count). The summed E-state index contributed by atoms with van der Waals surface area (Å²) in [5, 5.41) is 22.0. The number of hydrogen-bond acceptors (Lipinski definition) is 4. The van der Waals surface area contributed by atoms with Gasteiger partial charge in [-0.05, 0) is 55.8 Å². The van der Waals surface area contributed by atoms with E-state index in [-0.39, 0.29) is 29.0 Å². The number of carbonyl (C=O) groups excluding carboxylic acids is 1. The third-order valence-electron chi connectivity index (χ3n) is 8.78. The highest BCUT2D eigenvalue weighted by molar-refractivity contribution is 5.87. The Morgan fingerprint density at radius 3 is 2.50 bits per heavy atom. The largest absolute Gasteiger partial charge is 0.393 e. The molecule has 4 aliphatic carbocycles. The Hall–Kier alpha value is -0.450. The van der Waals surface area contributed by atoms with Gasteiger partial charge in [0.15, 0.2) is 0 Å². The third kappa shape index (κ3) is 2.05. The van der Waals surface area contributed by atoms with Crippen LogP contribution in [0.1, 0.15) is 58.8 Å². The number of aliphatic hydroxyl groups is 2. The van der Waals surface area contributed by atoms with Crippen molar-refractivity contribution in [1.82, 2.24) is 0 Å². The number of Topliss-reactive ketones (excluding diaryl/α,β-unsaturated/α-hetero) is 1. The summed E-state index contributed by atoms with van der Waals surface area (Å²) < 4.78 is 5.52. The topological polar surface area (TPSA) is 66.8 Å². The van der Waals surface area contributed by atoms with Crippen LogP contribution in [0.3, 0.4) is 0 Å². The maximum atomic E-state index is 12.5. The molecule has 136 valence electrons. The van der Waals surface area contributed by atoms with Crippen molar-refractivity contribution in [3.63, 3.8) is 0 Å². The number of aliphatic hydroxyl groups excluding tert-OH is 2. The van der Waals surface area contributed by atoms with Gasteiger partial charge >= 0.3 is 0 Å². The van der Waals surface area contributed by atoms with Gasteiger partial charge in [-0.2, -0.15) is 0 Å². The molecule has 0 aliphatic heterocycles. The third-order valence-corrected chi connectivity index (χ3v) is 8.78. The number of fused-ring (bicyclic) bond motifs is 5. The lowest BCUT2D eigenvalue weighted by Crippen LogP contribution is -2.63. The second-order valence-electron chi connectivity index (χ2n) is 9.42. The Labute approximate surface area is 145 Å². The van der Waals surface area contributed by atoms with Crippen LogP contribution >= 0.6 is 0 Å². The first-order chi connectivity index (χ1) is 11.3. The Morgan fingerprint density at radius 2 is 1.79 bits per heavy atom. The molecule has 0 bridgehead atoms. The van der Waals surface area contributed by atoms with Gasteiger partial charge in [-0.1, -0.05) is 13.8 Å². The fourth-order valence-corrected chi connectivity index (χ4v) is 7.27. The van der Waals surface area contributed by atoms with Crippen LogP contribution in [0.25, 0.3) is 0 Å². The highest BCUT2D eigenvalue weighted by Crippen LogP contribution is 2.65. The molecule has 0 radical (unpaired) electrons. The zero-order valence-corrected chi connectivity index (χ0v) is 15.2. The first-order valence-electron chi connectivity index (χ1n) is 9.74. The fourth-order valence-electron chi connectivity index (χ4n) is 7.27. The van der Waals surface area contributed by atoms with Gasteiger partial charge in [-0.25, -0.2) is 0 Å². The maximum absolute atomic E-state index is 12.5. The lowest BCUT2D eigenvalue weighted by atomic mass is 9.44. The number of carbonyl (C=O) groups is 1. The van der Waals surface area contributed by atoms with Crippen LogP contribution in [-0.2, 0) is 9.53 Å². The lowest BCUT2D eigenvalue weighted by Gasteiger charge is -2.62. The summed E-state index contributed by atoms with van der Waals surface area (Å²) in [7, 11) is 1.70. The van der Waals surface area contributed by atoms with Crippen LogP contribution < -0.4 is 0 Å². The number of methoxy groups -OCH3 is 1. The molecule has 2 N–H and O–H groups in total. The van der Waals surface area contributed by atoms with Crippen molar-refractivity contribution in [2.24, 2.45) is 34.5 Å². The van der Waals surface area contributed by atoms with Gasteiger partial charge in [0, 0.05) is 30.8 Å². The number of hydrogen-bond donors (Lipinski definition) is 2. The van der Waals surface area contributed by atoms with Crippen molar-refractivity contribution in [3.8, 4) is 0 Å². The van der Waals surface area contributed by atoms with E-state index in [0.717, 1.165) is 32.1 Å². The van der Waals surface area contributed by atoms with Gasteiger partial charge in [0.25, 0.3) is 0 Å².